The average Bonchev–Trinajstić information content (AvgIpc) is 3.54. The molecule has 0 amide bonds. The smallest absolute Gasteiger partial charge is 0.331 e. The number of ether oxygens (including phenoxy) is 3. The number of hydrogen-bond acceptors (Lipinski definition) is 5. The zero-order chi connectivity index (χ0) is 25.5. The largest absolute Gasteiger partial charge is 0.452 e. The maximum absolute atomic E-state index is 11.4. The predicted molar refractivity (Wildman–Crippen MR) is 144 cm³/mol. The van der Waals surface area contributed by atoms with Gasteiger partial charge in [-0.3, -0.25) is 0 Å². The Kier molecular flexibility index (Phi) is 10.9. The SMILES string of the molecule is CCCCCCCCCC[C@H](O[Si](C)(C)C(C)(C)C)[C@@H]1CC[C@@H]([C@@H]2CC[C@@H]([C@@H]3C=CC(=O)O3)O2)O1. The zero-order valence-electron chi connectivity index (χ0n) is 23.4. The molecule has 0 radical (unpaired) electrons. The quantitative estimate of drug-likeness (QED) is 0.138. The van der Waals surface area contributed by atoms with Gasteiger partial charge in [0.1, 0.15) is 6.10 Å². The highest BCUT2D eigenvalue weighted by Crippen LogP contribution is 2.41. The Labute approximate surface area is 215 Å². The van der Waals surface area contributed by atoms with E-state index in [0.717, 1.165) is 32.1 Å². The van der Waals surface area contributed by atoms with Crippen molar-refractivity contribution in [1.82, 2.24) is 0 Å². The van der Waals surface area contributed by atoms with Crippen LogP contribution in [0.25, 0.3) is 0 Å². The Morgan fingerprint density at radius 2 is 1.51 bits per heavy atom. The molecule has 3 heterocycles. The van der Waals surface area contributed by atoms with Crippen LogP contribution in [0.2, 0.25) is 18.1 Å². The predicted octanol–water partition coefficient (Wildman–Crippen LogP) is 7.48. The second-order valence-corrected chi connectivity index (χ2v) is 17.3. The molecule has 0 aliphatic carbocycles. The van der Waals surface area contributed by atoms with Gasteiger partial charge in [-0.1, -0.05) is 79.1 Å². The van der Waals surface area contributed by atoms with E-state index in [0.29, 0.717) is 0 Å². The molecule has 2 saturated heterocycles. The minimum absolute atomic E-state index is 0.0399. The molecule has 5 nitrogen and oxygen atoms in total. The van der Waals surface area contributed by atoms with Crippen LogP contribution in [-0.2, 0) is 23.4 Å². The zero-order valence-corrected chi connectivity index (χ0v) is 24.4. The van der Waals surface area contributed by atoms with Crippen molar-refractivity contribution in [2.45, 2.75) is 166 Å². The summed E-state index contributed by atoms with van der Waals surface area (Å²) >= 11 is 0. The molecule has 0 aromatic rings. The first-order valence-corrected chi connectivity index (χ1v) is 17.4. The molecule has 0 N–H and O–H groups in total. The van der Waals surface area contributed by atoms with Gasteiger partial charge in [-0.15, -0.1) is 0 Å². The lowest BCUT2D eigenvalue weighted by Gasteiger charge is -2.41. The first kappa shape index (κ1) is 28.9. The van der Waals surface area contributed by atoms with Gasteiger partial charge in [0.15, 0.2) is 8.32 Å². The molecule has 6 heteroatoms. The number of rotatable bonds is 14. The fourth-order valence-electron chi connectivity index (χ4n) is 5.38. The summed E-state index contributed by atoms with van der Waals surface area (Å²) < 4.78 is 25.3. The number of cyclic esters (lactones) is 1. The highest BCUT2D eigenvalue weighted by atomic mass is 28.4. The summed E-state index contributed by atoms with van der Waals surface area (Å²) in [6, 6.07) is 0. The number of carbonyl (C=O) groups excluding carboxylic acids is 1. The topological polar surface area (TPSA) is 54.0 Å². The summed E-state index contributed by atoms with van der Waals surface area (Å²) in [5, 5.41) is 0.191. The van der Waals surface area contributed by atoms with Gasteiger partial charge in [0, 0.05) is 6.08 Å². The maximum atomic E-state index is 11.4. The van der Waals surface area contributed by atoms with Gasteiger partial charge in [0.25, 0.3) is 0 Å². The first-order valence-electron chi connectivity index (χ1n) is 14.5. The van der Waals surface area contributed by atoms with Gasteiger partial charge in [-0.2, -0.15) is 0 Å². The van der Waals surface area contributed by atoms with E-state index in [1.165, 1.54) is 57.4 Å². The van der Waals surface area contributed by atoms with Crippen LogP contribution in [0.4, 0.5) is 0 Å². The highest BCUT2D eigenvalue weighted by Gasteiger charge is 2.45. The molecule has 3 aliphatic heterocycles. The molecule has 3 rings (SSSR count). The van der Waals surface area contributed by atoms with Crippen LogP contribution in [0.5, 0.6) is 0 Å². The molecule has 0 saturated carbocycles. The minimum atomic E-state index is -1.88. The van der Waals surface area contributed by atoms with E-state index in [9.17, 15) is 4.79 Å². The highest BCUT2D eigenvalue weighted by molar-refractivity contribution is 6.74. The second kappa shape index (κ2) is 13.2. The summed E-state index contributed by atoms with van der Waals surface area (Å²) in [5.41, 5.74) is 0. The van der Waals surface area contributed by atoms with Crippen molar-refractivity contribution in [2.75, 3.05) is 0 Å². The third-order valence-electron chi connectivity index (χ3n) is 8.63. The molecule has 2 fully saturated rings. The Morgan fingerprint density at radius 1 is 0.914 bits per heavy atom. The standard InChI is InChI=1S/C29H52O5Si/c1-7-8-9-10-11-12-13-14-15-27(34-35(5,6)29(2,3)4)26-19-18-23(32-26)22-16-17-24(31-22)25-20-21-28(30)33-25/h20-27H,7-19H2,1-6H3/t22-,23-,24-,25-,26-,27-/m0/s1. The van der Waals surface area contributed by atoms with Crippen molar-refractivity contribution < 1.29 is 23.4 Å². The van der Waals surface area contributed by atoms with Gasteiger partial charge < -0.3 is 18.6 Å². The lowest BCUT2D eigenvalue weighted by molar-refractivity contribution is -0.147. The molecule has 0 aromatic carbocycles. The fourth-order valence-corrected chi connectivity index (χ4v) is 6.76. The summed E-state index contributed by atoms with van der Waals surface area (Å²) in [7, 11) is -1.88. The van der Waals surface area contributed by atoms with Crippen LogP contribution < -0.4 is 0 Å². The Hall–Kier alpha value is -0.693. The molecule has 0 aromatic heterocycles. The molecule has 35 heavy (non-hydrogen) atoms. The Morgan fingerprint density at radius 3 is 2.14 bits per heavy atom. The van der Waals surface area contributed by atoms with Gasteiger partial charge in [0.2, 0.25) is 0 Å². The van der Waals surface area contributed by atoms with Gasteiger partial charge in [0.05, 0.1) is 30.5 Å². The molecule has 0 unspecified atom stereocenters. The van der Waals surface area contributed by atoms with Crippen molar-refractivity contribution in [3.63, 3.8) is 0 Å². The summed E-state index contributed by atoms with van der Waals surface area (Å²) in [4.78, 5) is 11.4. The molecule has 202 valence electrons. The van der Waals surface area contributed by atoms with E-state index in [-0.39, 0.29) is 47.6 Å². The molecule has 3 aliphatic rings. The maximum Gasteiger partial charge on any atom is 0.331 e. The van der Waals surface area contributed by atoms with Crippen LogP contribution in [0, 0.1) is 0 Å². The minimum Gasteiger partial charge on any atom is -0.452 e. The Bertz CT molecular complexity index is 685. The molecular weight excluding hydrogens is 456 g/mol. The summed E-state index contributed by atoms with van der Waals surface area (Å²) in [5.74, 6) is -0.259. The van der Waals surface area contributed by atoms with Crippen LogP contribution in [0.15, 0.2) is 12.2 Å². The third-order valence-corrected chi connectivity index (χ3v) is 13.1. The molecule has 6 atom stereocenters. The van der Waals surface area contributed by atoms with E-state index >= 15 is 0 Å². The number of hydrogen-bond donors (Lipinski definition) is 0. The summed E-state index contributed by atoms with van der Waals surface area (Å²) in [6.45, 7) is 14.0. The van der Waals surface area contributed by atoms with E-state index in [1.807, 2.05) is 6.08 Å². The van der Waals surface area contributed by atoms with E-state index in [1.54, 1.807) is 0 Å². The van der Waals surface area contributed by atoms with Crippen LogP contribution in [-0.4, -0.2) is 50.9 Å². The molecular formula is C29H52O5Si. The lowest BCUT2D eigenvalue weighted by atomic mass is 10.0. The van der Waals surface area contributed by atoms with Crippen molar-refractivity contribution in [2.24, 2.45) is 0 Å². The van der Waals surface area contributed by atoms with Crippen molar-refractivity contribution in [3.05, 3.63) is 12.2 Å². The van der Waals surface area contributed by atoms with Gasteiger partial charge in [-0.25, -0.2) is 4.79 Å². The van der Waals surface area contributed by atoms with Crippen molar-refractivity contribution in [1.29, 1.82) is 0 Å². The molecule has 0 spiro atoms. The number of esters is 1. The third kappa shape index (κ3) is 8.41. The van der Waals surface area contributed by atoms with Crippen LogP contribution in [0.1, 0.15) is 111 Å². The number of carbonyl (C=O) groups is 1. The van der Waals surface area contributed by atoms with Gasteiger partial charge in [-0.05, 0) is 56.3 Å². The van der Waals surface area contributed by atoms with E-state index in [4.69, 9.17) is 18.6 Å². The molecule has 0 bridgehead atoms. The fraction of sp³-hybridized carbons (Fsp3) is 0.897. The lowest BCUT2D eigenvalue weighted by Crippen LogP contribution is -2.47. The van der Waals surface area contributed by atoms with Crippen molar-refractivity contribution >= 4 is 14.3 Å². The number of unbranched alkanes of at least 4 members (excludes halogenated alkanes) is 7. The van der Waals surface area contributed by atoms with E-state index in [2.05, 4.69) is 40.8 Å². The van der Waals surface area contributed by atoms with Crippen LogP contribution >= 0.6 is 0 Å². The first-order chi connectivity index (χ1) is 16.6. The second-order valence-electron chi connectivity index (χ2n) is 12.5. The van der Waals surface area contributed by atoms with E-state index < -0.39 is 8.32 Å². The van der Waals surface area contributed by atoms with Crippen molar-refractivity contribution in [3.8, 4) is 0 Å². The summed E-state index contributed by atoms with van der Waals surface area (Å²) in [6.07, 6.45) is 19.3. The average molecular weight is 509 g/mol. The van der Waals surface area contributed by atoms with Gasteiger partial charge >= 0.3 is 5.97 Å². The normalized spacial score (nSPS) is 30.2. The Balaban J connectivity index is 1.50. The van der Waals surface area contributed by atoms with Crippen LogP contribution in [0.3, 0.4) is 0 Å². The monoisotopic (exact) mass is 508 g/mol.